The number of hydrogen-bond donors (Lipinski definition) is 0. The molecule has 0 saturated heterocycles. The second-order valence-electron chi connectivity index (χ2n) is 19.4. The normalized spacial score (nSPS) is 12.6. The monoisotopic (exact) mass is 956 g/mol. The van der Waals surface area contributed by atoms with Gasteiger partial charge in [-0.1, -0.05) is 267 Å². The fraction of sp³-hybridized carbons (Fsp3) is 0.0282. The molecule has 4 heteroatoms. The molecule has 2 aromatic heterocycles. The van der Waals surface area contributed by atoms with E-state index in [2.05, 4.69) is 278 Å². The Morgan fingerprint density at radius 2 is 0.773 bits per heavy atom. The number of fused-ring (bicyclic) bond motifs is 7. The van der Waals surface area contributed by atoms with Crippen molar-refractivity contribution in [2.24, 2.45) is 0 Å². The Morgan fingerprint density at radius 1 is 0.320 bits per heavy atom. The lowest BCUT2D eigenvalue weighted by Gasteiger charge is -2.37. The Labute approximate surface area is 436 Å². The average Bonchev–Trinajstić information content (AvgIpc) is 4.03. The van der Waals surface area contributed by atoms with Crippen LogP contribution < -0.4 is 0 Å². The van der Waals surface area contributed by atoms with Gasteiger partial charge in [-0.05, 0) is 74.3 Å². The largest absolute Gasteiger partial charge is 0.309 e. The van der Waals surface area contributed by atoms with Crippen molar-refractivity contribution in [1.82, 2.24) is 19.5 Å². The summed E-state index contributed by atoms with van der Waals surface area (Å²) >= 11 is 0. The standard InChI is InChI=1S/C71H48N4/c1-7-25-49(26-8-1)67-72-68(50-27-23-39-57(47-50)70(52-29-9-2-10-30-52,53-31-11-3-12-32-53)54-33-13-4-14-34-54)74-69(73-67)51-28-24-40-58(48-51)75-64-44-22-20-42-60(64)62-46-45-61-59-41-19-21-43-63(59)71(65(61)66(62)75,55-35-15-5-16-36-55)56-37-17-6-18-38-56/h1-48H. The fourth-order valence-corrected chi connectivity index (χ4v) is 12.3. The number of hydrogen-bond acceptors (Lipinski definition) is 3. The van der Waals surface area contributed by atoms with Gasteiger partial charge in [0.05, 0.1) is 21.9 Å². The number of para-hydroxylation sites is 1. The van der Waals surface area contributed by atoms with Gasteiger partial charge in [-0.25, -0.2) is 15.0 Å². The highest BCUT2D eigenvalue weighted by Gasteiger charge is 2.48. The van der Waals surface area contributed by atoms with Gasteiger partial charge < -0.3 is 4.57 Å². The van der Waals surface area contributed by atoms with E-state index in [1.165, 1.54) is 66.4 Å². The lowest BCUT2D eigenvalue weighted by Crippen LogP contribution is -2.31. The van der Waals surface area contributed by atoms with Crippen LogP contribution in [0.2, 0.25) is 0 Å². The summed E-state index contributed by atoms with van der Waals surface area (Å²) in [5.74, 6) is 1.79. The van der Waals surface area contributed by atoms with Crippen molar-refractivity contribution in [3.63, 3.8) is 0 Å². The molecule has 14 rings (SSSR count). The quantitative estimate of drug-likeness (QED) is 0.128. The van der Waals surface area contributed by atoms with E-state index in [4.69, 9.17) is 15.0 Å². The van der Waals surface area contributed by atoms with Crippen LogP contribution in [0.4, 0.5) is 0 Å². The van der Waals surface area contributed by atoms with E-state index in [1.807, 2.05) is 18.2 Å². The van der Waals surface area contributed by atoms with Gasteiger partial charge in [-0.3, -0.25) is 0 Å². The molecule has 0 unspecified atom stereocenters. The Morgan fingerprint density at radius 3 is 1.37 bits per heavy atom. The molecule has 0 radical (unpaired) electrons. The molecule has 0 spiro atoms. The summed E-state index contributed by atoms with van der Waals surface area (Å²) in [6.07, 6.45) is 0. The van der Waals surface area contributed by atoms with Gasteiger partial charge in [0.15, 0.2) is 17.5 Å². The number of nitrogens with zero attached hydrogens (tertiary/aromatic N) is 4. The van der Waals surface area contributed by atoms with Crippen LogP contribution >= 0.6 is 0 Å². The minimum atomic E-state index is -0.644. The van der Waals surface area contributed by atoms with Gasteiger partial charge in [0.2, 0.25) is 0 Å². The molecule has 0 N–H and O–H groups in total. The van der Waals surface area contributed by atoms with Gasteiger partial charge >= 0.3 is 0 Å². The van der Waals surface area contributed by atoms with Gasteiger partial charge in [0.1, 0.15) is 0 Å². The summed E-state index contributed by atoms with van der Waals surface area (Å²) in [5.41, 5.74) is 16.8. The summed E-state index contributed by atoms with van der Waals surface area (Å²) in [7, 11) is 0. The van der Waals surface area contributed by atoms with Crippen LogP contribution in [0.1, 0.15) is 44.5 Å². The van der Waals surface area contributed by atoms with E-state index in [0.717, 1.165) is 33.5 Å². The zero-order valence-corrected chi connectivity index (χ0v) is 41.0. The topological polar surface area (TPSA) is 43.6 Å². The first kappa shape index (κ1) is 44.0. The molecule has 11 aromatic carbocycles. The molecule has 0 saturated carbocycles. The van der Waals surface area contributed by atoms with E-state index in [0.29, 0.717) is 17.5 Å². The maximum absolute atomic E-state index is 5.44. The third kappa shape index (κ3) is 6.95. The summed E-state index contributed by atoms with van der Waals surface area (Å²) in [6, 6.07) is 105. The van der Waals surface area contributed by atoms with E-state index in [-0.39, 0.29) is 0 Å². The van der Waals surface area contributed by atoms with Crippen molar-refractivity contribution in [2.75, 3.05) is 0 Å². The van der Waals surface area contributed by atoms with Gasteiger partial charge in [-0.2, -0.15) is 0 Å². The van der Waals surface area contributed by atoms with Crippen LogP contribution in [-0.4, -0.2) is 19.5 Å². The molecule has 4 nitrogen and oxygen atoms in total. The molecule has 0 bridgehead atoms. The lowest BCUT2D eigenvalue weighted by molar-refractivity contribution is 0.745. The minimum Gasteiger partial charge on any atom is -0.309 e. The van der Waals surface area contributed by atoms with Crippen molar-refractivity contribution in [3.05, 3.63) is 336 Å². The summed E-state index contributed by atoms with van der Waals surface area (Å²) in [5, 5.41) is 2.39. The van der Waals surface area contributed by atoms with Crippen molar-refractivity contribution < 1.29 is 0 Å². The molecule has 1 aliphatic carbocycles. The third-order valence-corrected chi connectivity index (χ3v) is 15.5. The Hall–Kier alpha value is -9.77. The Bertz CT molecular complexity index is 4070. The SMILES string of the molecule is c1ccc(-c2nc(-c3cccc(-n4c5ccccc5c5ccc6c(c54)C(c4ccccc4)(c4ccccc4)c4ccccc4-6)c3)nc(-c3cccc(C(c4ccccc4)(c4ccccc4)c4ccccc4)c3)n2)cc1. The predicted molar refractivity (Wildman–Crippen MR) is 306 cm³/mol. The Balaban J connectivity index is 0.999. The predicted octanol–water partition coefficient (Wildman–Crippen LogP) is 16.7. The summed E-state index contributed by atoms with van der Waals surface area (Å²) in [6.45, 7) is 0. The van der Waals surface area contributed by atoms with Crippen LogP contribution in [0.25, 0.3) is 72.8 Å². The molecule has 0 aliphatic heterocycles. The highest BCUT2D eigenvalue weighted by molar-refractivity contribution is 6.14. The smallest absolute Gasteiger partial charge is 0.164 e. The highest BCUT2D eigenvalue weighted by Crippen LogP contribution is 2.59. The Kier molecular flexibility index (Phi) is 10.6. The van der Waals surface area contributed by atoms with Crippen molar-refractivity contribution in [2.45, 2.75) is 10.8 Å². The first-order valence-electron chi connectivity index (χ1n) is 25.7. The van der Waals surface area contributed by atoms with Crippen LogP contribution in [0.15, 0.2) is 291 Å². The fourth-order valence-electron chi connectivity index (χ4n) is 12.3. The summed E-state index contributed by atoms with van der Waals surface area (Å²) in [4.78, 5) is 16.1. The molecular formula is C71H48N4. The molecule has 1 aliphatic rings. The molecule has 75 heavy (non-hydrogen) atoms. The van der Waals surface area contributed by atoms with Crippen molar-refractivity contribution >= 4 is 21.8 Å². The molecule has 0 amide bonds. The van der Waals surface area contributed by atoms with E-state index < -0.39 is 10.8 Å². The molecule has 0 fully saturated rings. The van der Waals surface area contributed by atoms with Gasteiger partial charge in [-0.15, -0.1) is 0 Å². The number of benzene rings is 11. The lowest BCUT2D eigenvalue weighted by atomic mass is 9.65. The maximum Gasteiger partial charge on any atom is 0.164 e. The maximum atomic E-state index is 5.44. The molecular weight excluding hydrogens is 909 g/mol. The van der Waals surface area contributed by atoms with Crippen LogP contribution in [0.5, 0.6) is 0 Å². The van der Waals surface area contributed by atoms with Crippen molar-refractivity contribution in [3.8, 4) is 51.0 Å². The van der Waals surface area contributed by atoms with Gasteiger partial charge in [0.25, 0.3) is 0 Å². The van der Waals surface area contributed by atoms with Crippen LogP contribution in [-0.2, 0) is 10.8 Å². The highest BCUT2D eigenvalue weighted by atomic mass is 15.0. The molecule has 2 heterocycles. The number of rotatable bonds is 10. The molecule has 352 valence electrons. The first-order valence-corrected chi connectivity index (χ1v) is 25.7. The molecule has 13 aromatic rings. The summed E-state index contributed by atoms with van der Waals surface area (Å²) < 4.78 is 2.49. The third-order valence-electron chi connectivity index (χ3n) is 15.5. The number of aromatic nitrogens is 4. The van der Waals surface area contributed by atoms with Crippen LogP contribution in [0.3, 0.4) is 0 Å². The van der Waals surface area contributed by atoms with Gasteiger partial charge in [0, 0.05) is 38.7 Å². The molecule has 0 atom stereocenters. The minimum absolute atomic E-state index is 0.591. The second-order valence-corrected chi connectivity index (χ2v) is 19.4. The average molecular weight is 957 g/mol. The van der Waals surface area contributed by atoms with E-state index in [9.17, 15) is 0 Å². The zero-order chi connectivity index (χ0) is 49.8. The van der Waals surface area contributed by atoms with E-state index in [1.54, 1.807) is 0 Å². The van der Waals surface area contributed by atoms with Crippen molar-refractivity contribution in [1.29, 1.82) is 0 Å². The first-order chi connectivity index (χ1) is 37.2. The van der Waals surface area contributed by atoms with Crippen LogP contribution in [0, 0.1) is 0 Å². The van der Waals surface area contributed by atoms with E-state index >= 15 is 0 Å². The second kappa shape index (κ2) is 18.1. The zero-order valence-electron chi connectivity index (χ0n) is 41.0.